The van der Waals surface area contributed by atoms with E-state index in [1.165, 1.54) is 12.1 Å². The number of benzene rings is 2. The van der Waals surface area contributed by atoms with Crippen LogP contribution in [0.15, 0.2) is 78.2 Å². The Hall–Kier alpha value is -3.19. The molecule has 0 amide bonds. The lowest BCUT2D eigenvalue weighted by Crippen LogP contribution is -2.00. The number of aromatic nitrogens is 4. The highest BCUT2D eigenvalue weighted by Gasteiger charge is 2.16. The molecule has 0 aliphatic heterocycles. The number of hydrogen-bond acceptors (Lipinski definition) is 5. The highest BCUT2D eigenvalue weighted by atomic mass is 32.2. The van der Waals surface area contributed by atoms with Crippen LogP contribution in [0.1, 0.15) is 5.56 Å². The molecule has 0 unspecified atom stereocenters. The van der Waals surface area contributed by atoms with Crippen LogP contribution in [0.3, 0.4) is 0 Å². The molecule has 4 aromatic rings. The zero-order valence-electron chi connectivity index (χ0n) is 15.1. The summed E-state index contributed by atoms with van der Waals surface area (Å²) in [5.41, 5.74) is 2.80. The Morgan fingerprint density at radius 1 is 1.00 bits per heavy atom. The van der Waals surface area contributed by atoms with Crippen LogP contribution in [0, 0.1) is 5.82 Å². The summed E-state index contributed by atoms with van der Waals surface area (Å²) in [6.07, 6.45) is 3.42. The summed E-state index contributed by atoms with van der Waals surface area (Å²) < 4.78 is 20.6. The van der Waals surface area contributed by atoms with Gasteiger partial charge in [-0.15, -0.1) is 10.2 Å². The third kappa shape index (κ3) is 3.89. The van der Waals surface area contributed by atoms with Crippen LogP contribution < -0.4 is 4.74 Å². The maximum Gasteiger partial charge on any atom is 0.196 e. The quantitative estimate of drug-likeness (QED) is 0.443. The van der Waals surface area contributed by atoms with Crippen LogP contribution in [0.5, 0.6) is 5.75 Å². The maximum atomic E-state index is 13.4. The van der Waals surface area contributed by atoms with Crippen molar-refractivity contribution in [1.29, 1.82) is 0 Å². The lowest BCUT2D eigenvalue weighted by molar-refractivity contribution is 0.414. The minimum absolute atomic E-state index is 0.284. The molecule has 0 fully saturated rings. The van der Waals surface area contributed by atoms with E-state index in [1.807, 2.05) is 41.0 Å². The van der Waals surface area contributed by atoms with Crippen molar-refractivity contribution in [3.05, 3.63) is 84.4 Å². The molecular weight excluding hydrogens is 375 g/mol. The average molecular weight is 392 g/mol. The molecule has 0 atom stereocenters. The summed E-state index contributed by atoms with van der Waals surface area (Å²) in [5.74, 6) is 1.91. The van der Waals surface area contributed by atoms with Crippen molar-refractivity contribution in [2.75, 3.05) is 7.11 Å². The van der Waals surface area contributed by atoms with Gasteiger partial charge in [-0.25, -0.2) is 4.39 Å². The molecule has 0 bridgehead atoms. The predicted octanol–water partition coefficient (Wildman–Crippen LogP) is 4.77. The Morgan fingerprint density at radius 2 is 1.79 bits per heavy atom. The van der Waals surface area contributed by atoms with E-state index in [0.29, 0.717) is 11.6 Å². The van der Waals surface area contributed by atoms with Gasteiger partial charge in [0, 0.05) is 29.4 Å². The van der Waals surface area contributed by atoms with Crippen LogP contribution in [0.25, 0.3) is 17.1 Å². The summed E-state index contributed by atoms with van der Waals surface area (Å²) in [4.78, 5) is 4.06. The summed E-state index contributed by atoms with van der Waals surface area (Å²) in [6.45, 7) is 0. The third-order valence-electron chi connectivity index (χ3n) is 4.16. The van der Waals surface area contributed by atoms with Crippen molar-refractivity contribution < 1.29 is 9.13 Å². The van der Waals surface area contributed by atoms with Gasteiger partial charge in [0.2, 0.25) is 0 Å². The Labute approximate surface area is 166 Å². The molecule has 7 heteroatoms. The summed E-state index contributed by atoms with van der Waals surface area (Å²) >= 11 is 1.56. The van der Waals surface area contributed by atoms with Crippen molar-refractivity contribution in [2.45, 2.75) is 10.9 Å². The van der Waals surface area contributed by atoms with Gasteiger partial charge in [-0.1, -0.05) is 23.9 Å². The molecule has 4 rings (SSSR count). The van der Waals surface area contributed by atoms with Crippen molar-refractivity contribution in [2.24, 2.45) is 0 Å². The largest absolute Gasteiger partial charge is 0.497 e. The molecule has 0 radical (unpaired) electrons. The summed E-state index contributed by atoms with van der Waals surface area (Å²) in [7, 11) is 1.65. The molecule has 0 aliphatic carbocycles. The average Bonchev–Trinajstić information content (AvgIpc) is 3.17. The summed E-state index contributed by atoms with van der Waals surface area (Å²) in [6, 6.07) is 18.0. The second-order valence-electron chi connectivity index (χ2n) is 5.99. The van der Waals surface area contributed by atoms with Crippen molar-refractivity contribution in [3.8, 4) is 22.8 Å². The second-order valence-corrected chi connectivity index (χ2v) is 6.94. The van der Waals surface area contributed by atoms with Crippen LogP contribution in [0.2, 0.25) is 0 Å². The first-order chi connectivity index (χ1) is 13.7. The Kier molecular flexibility index (Phi) is 5.34. The number of halogens is 1. The number of pyridine rings is 1. The first-order valence-electron chi connectivity index (χ1n) is 8.62. The van der Waals surface area contributed by atoms with Gasteiger partial charge in [0.25, 0.3) is 0 Å². The van der Waals surface area contributed by atoms with E-state index >= 15 is 0 Å². The predicted molar refractivity (Wildman–Crippen MR) is 107 cm³/mol. The van der Waals surface area contributed by atoms with Crippen LogP contribution in [-0.2, 0) is 5.75 Å². The molecule has 0 aliphatic rings. The molecule has 0 saturated carbocycles. The number of ether oxygens (including phenoxy) is 1. The Morgan fingerprint density at radius 3 is 2.54 bits per heavy atom. The first kappa shape index (κ1) is 18.2. The van der Waals surface area contributed by atoms with Gasteiger partial charge in [0.05, 0.1) is 7.11 Å². The lowest BCUT2D eigenvalue weighted by Gasteiger charge is -2.10. The van der Waals surface area contributed by atoms with Gasteiger partial charge in [-0.05, 0) is 54.1 Å². The second kappa shape index (κ2) is 8.22. The smallest absolute Gasteiger partial charge is 0.196 e. The number of thioether (sulfide) groups is 1. The Balaban J connectivity index is 1.70. The topological polar surface area (TPSA) is 52.8 Å². The van der Waals surface area contributed by atoms with Gasteiger partial charge in [-0.2, -0.15) is 0 Å². The van der Waals surface area contributed by atoms with Crippen molar-refractivity contribution in [1.82, 2.24) is 19.7 Å². The number of rotatable bonds is 6. The van der Waals surface area contributed by atoms with E-state index in [1.54, 1.807) is 43.4 Å². The molecule has 0 spiro atoms. The van der Waals surface area contributed by atoms with E-state index in [4.69, 9.17) is 4.74 Å². The SMILES string of the molecule is COc1cccc(CSc2nnc(-c3ccncc3)n2-c2ccc(F)cc2)c1. The van der Waals surface area contributed by atoms with Crippen LogP contribution >= 0.6 is 11.8 Å². The van der Waals surface area contributed by atoms with Crippen LogP contribution in [0.4, 0.5) is 4.39 Å². The monoisotopic (exact) mass is 392 g/mol. The molecule has 28 heavy (non-hydrogen) atoms. The molecule has 0 N–H and O–H groups in total. The summed E-state index contributed by atoms with van der Waals surface area (Å²) in [5, 5.41) is 9.48. The molecule has 0 saturated heterocycles. The van der Waals surface area contributed by atoms with Crippen LogP contribution in [-0.4, -0.2) is 26.9 Å². The maximum absolute atomic E-state index is 13.4. The zero-order chi connectivity index (χ0) is 19.3. The van der Waals surface area contributed by atoms with Crippen molar-refractivity contribution in [3.63, 3.8) is 0 Å². The normalized spacial score (nSPS) is 10.8. The fourth-order valence-corrected chi connectivity index (χ4v) is 3.68. The van der Waals surface area contributed by atoms with E-state index < -0.39 is 0 Å². The highest BCUT2D eigenvalue weighted by Crippen LogP contribution is 2.30. The fraction of sp³-hybridized carbons (Fsp3) is 0.0952. The number of nitrogens with zero attached hydrogens (tertiary/aromatic N) is 4. The van der Waals surface area contributed by atoms with Crippen molar-refractivity contribution >= 4 is 11.8 Å². The molecule has 2 aromatic heterocycles. The molecule has 2 aromatic carbocycles. The molecule has 140 valence electrons. The zero-order valence-corrected chi connectivity index (χ0v) is 15.9. The van der Waals surface area contributed by atoms with Gasteiger partial charge in [-0.3, -0.25) is 9.55 Å². The van der Waals surface area contributed by atoms with E-state index in [-0.39, 0.29) is 5.82 Å². The van der Waals surface area contributed by atoms with Gasteiger partial charge < -0.3 is 4.74 Å². The first-order valence-corrected chi connectivity index (χ1v) is 9.60. The highest BCUT2D eigenvalue weighted by molar-refractivity contribution is 7.98. The van der Waals surface area contributed by atoms with E-state index in [2.05, 4.69) is 15.2 Å². The minimum atomic E-state index is -0.284. The molecular formula is C21H17FN4OS. The molecule has 2 heterocycles. The van der Waals surface area contributed by atoms with Gasteiger partial charge in [0.1, 0.15) is 11.6 Å². The van der Waals surface area contributed by atoms with Gasteiger partial charge >= 0.3 is 0 Å². The lowest BCUT2D eigenvalue weighted by atomic mass is 10.2. The van der Waals surface area contributed by atoms with E-state index in [9.17, 15) is 4.39 Å². The van der Waals surface area contributed by atoms with E-state index in [0.717, 1.165) is 27.7 Å². The minimum Gasteiger partial charge on any atom is -0.497 e. The fourth-order valence-electron chi connectivity index (χ4n) is 2.78. The third-order valence-corrected chi connectivity index (χ3v) is 5.16. The number of methoxy groups -OCH3 is 1. The Bertz CT molecular complexity index is 1070. The number of hydrogen-bond donors (Lipinski definition) is 0. The van der Waals surface area contributed by atoms with Gasteiger partial charge in [0.15, 0.2) is 11.0 Å². The standard InChI is InChI=1S/C21H17FN4OS/c1-27-19-4-2-3-15(13-19)14-28-21-25-24-20(16-9-11-23-12-10-16)26(21)18-7-5-17(22)6-8-18/h2-13H,14H2,1H3. The molecule has 5 nitrogen and oxygen atoms in total.